The fraction of sp³-hybridized carbons (Fsp3) is 0.100. The predicted molar refractivity (Wildman–Crippen MR) is 61.9 cm³/mol. The minimum Gasteiger partial charge on any atom is -0.280 e. The van der Waals surface area contributed by atoms with Gasteiger partial charge in [-0.25, -0.2) is 5.14 Å². The SMILES string of the molecule is NS(=O)(=O)OCc1cc(-c2ccccc2)n[nH]1. The number of hydrogen-bond acceptors (Lipinski definition) is 4. The van der Waals surface area contributed by atoms with Crippen LogP contribution < -0.4 is 5.14 Å². The summed E-state index contributed by atoms with van der Waals surface area (Å²) < 4.78 is 25.6. The molecular formula is C10H11N3O3S. The molecule has 1 aromatic carbocycles. The van der Waals surface area contributed by atoms with Crippen molar-refractivity contribution in [3.05, 3.63) is 42.1 Å². The van der Waals surface area contributed by atoms with Crippen LogP contribution in [0.25, 0.3) is 11.3 Å². The number of H-pyrrole nitrogens is 1. The molecule has 0 aliphatic heterocycles. The molecule has 1 aromatic heterocycles. The van der Waals surface area contributed by atoms with E-state index in [1.54, 1.807) is 6.07 Å². The Bertz CT molecular complexity index is 592. The zero-order chi connectivity index (χ0) is 12.3. The molecule has 0 amide bonds. The quantitative estimate of drug-likeness (QED) is 0.841. The van der Waals surface area contributed by atoms with Crippen LogP contribution in [0, 0.1) is 0 Å². The molecule has 6 nitrogen and oxygen atoms in total. The Kier molecular flexibility index (Phi) is 3.23. The summed E-state index contributed by atoms with van der Waals surface area (Å²) in [6.07, 6.45) is 0. The molecule has 3 N–H and O–H groups in total. The monoisotopic (exact) mass is 253 g/mol. The number of nitrogens with two attached hydrogens (primary N) is 1. The molecule has 0 aliphatic carbocycles. The van der Waals surface area contributed by atoms with E-state index < -0.39 is 10.3 Å². The van der Waals surface area contributed by atoms with E-state index in [4.69, 9.17) is 5.14 Å². The first-order valence-electron chi connectivity index (χ1n) is 4.81. The summed E-state index contributed by atoms with van der Waals surface area (Å²) in [4.78, 5) is 0. The van der Waals surface area contributed by atoms with Gasteiger partial charge in [-0.15, -0.1) is 0 Å². The number of nitrogens with one attached hydrogen (secondary N) is 1. The highest BCUT2D eigenvalue weighted by Gasteiger charge is 2.07. The number of rotatable bonds is 4. The maximum Gasteiger partial charge on any atom is 0.333 e. The topological polar surface area (TPSA) is 98.1 Å². The average molecular weight is 253 g/mol. The van der Waals surface area contributed by atoms with Crippen molar-refractivity contribution in [3.8, 4) is 11.3 Å². The van der Waals surface area contributed by atoms with E-state index >= 15 is 0 Å². The fourth-order valence-electron chi connectivity index (χ4n) is 1.34. The predicted octanol–water partition coefficient (Wildman–Crippen LogP) is 0.797. The molecule has 1 heterocycles. The van der Waals surface area contributed by atoms with Crippen molar-refractivity contribution in [3.63, 3.8) is 0 Å². The summed E-state index contributed by atoms with van der Waals surface area (Å²) in [5.74, 6) is 0. The lowest BCUT2D eigenvalue weighted by atomic mass is 10.1. The molecule has 2 aromatic rings. The number of aromatic nitrogens is 2. The van der Waals surface area contributed by atoms with Crippen molar-refractivity contribution in [2.75, 3.05) is 0 Å². The zero-order valence-corrected chi connectivity index (χ0v) is 9.65. The summed E-state index contributed by atoms with van der Waals surface area (Å²) in [7, 11) is -3.93. The highest BCUT2D eigenvalue weighted by Crippen LogP contribution is 2.17. The van der Waals surface area contributed by atoms with Gasteiger partial charge in [0.05, 0.1) is 11.4 Å². The molecule has 0 aliphatic rings. The van der Waals surface area contributed by atoms with Crippen LogP contribution in [0.5, 0.6) is 0 Å². The molecule has 0 spiro atoms. The molecule has 17 heavy (non-hydrogen) atoms. The molecule has 0 fully saturated rings. The van der Waals surface area contributed by atoms with Gasteiger partial charge in [-0.3, -0.25) is 9.28 Å². The minimum absolute atomic E-state index is 0.154. The van der Waals surface area contributed by atoms with Gasteiger partial charge in [0, 0.05) is 5.56 Å². The van der Waals surface area contributed by atoms with Gasteiger partial charge in [0.1, 0.15) is 6.61 Å². The van der Waals surface area contributed by atoms with Crippen molar-refractivity contribution in [2.45, 2.75) is 6.61 Å². The molecular weight excluding hydrogens is 242 g/mol. The van der Waals surface area contributed by atoms with Crippen LogP contribution in [0.3, 0.4) is 0 Å². The van der Waals surface area contributed by atoms with Crippen molar-refractivity contribution in [1.82, 2.24) is 10.2 Å². The van der Waals surface area contributed by atoms with Gasteiger partial charge in [-0.2, -0.15) is 13.5 Å². The average Bonchev–Trinajstić information content (AvgIpc) is 2.75. The lowest BCUT2D eigenvalue weighted by Gasteiger charge is -1.96. The van der Waals surface area contributed by atoms with Crippen LogP contribution in [0.15, 0.2) is 36.4 Å². The van der Waals surface area contributed by atoms with Crippen LogP contribution in [-0.4, -0.2) is 18.6 Å². The van der Waals surface area contributed by atoms with E-state index in [-0.39, 0.29) is 6.61 Å². The third-order valence-corrected chi connectivity index (χ3v) is 2.53. The largest absolute Gasteiger partial charge is 0.333 e. The highest BCUT2D eigenvalue weighted by molar-refractivity contribution is 7.84. The molecule has 0 saturated heterocycles. The van der Waals surface area contributed by atoms with Crippen molar-refractivity contribution < 1.29 is 12.6 Å². The number of benzene rings is 1. The second-order valence-corrected chi connectivity index (χ2v) is 4.62. The molecule has 90 valence electrons. The Morgan fingerprint density at radius 3 is 2.65 bits per heavy atom. The summed E-state index contributed by atoms with van der Waals surface area (Å²) in [5.41, 5.74) is 2.20. The van der Waals surface area contributed by atoms with E-state index in [0.717, 1.165) is 11.3 Å². The molecule has 0 bridgehead atoms. The summed E-state index contributed by atoms with van der Waals surface area (Å²) >= 11 is 0. The summed E-state index contributed by atoms with van der Waals surface area (Å²) in [6.45, 7) is -0.154. The summed E-state index contributed by atoms with van der Waals surface area (Å²) in [6, 6.07) is 11.2. The number of nitrogens with zero attached hydrogens (tertiary/aromatic N) is 1. The van der Waals surface area contributed by atoms with Crippen molar-refractivity contribution in [2.24, 2.45) is 5.14 Å². The Hall–Kier alpha value is -1.70. The summed E-state index contributed by atoms with van der Waals surface area (Å²) in [5, 5.41) is 11.4. The normalized spacial score (nSPS) is 11.6. The molecule has 7 heteroatoms. The van der Waals surface area contributed by atoms with Crippen LogP contribution >= 0.6 is 0 Å². The smallest absolute Gasteiger partial charge is 0.280 e. The van der Waals surface area contributed by atoms with E-state index in [1.165, 1.54) is 0 Å². The van der Waals surface area contributed by atoms with Gasteiger partial charge in [-0.05, 0) is 6.07 Å². The maximum atomic E-state index is 10.6. The molecule has 0 atom stereocenters. The maximum absolute atomic E-state index is 10.6. The van der Waals surface area contributed by atoms with Crippen molar-refractivity contribution in [1.29, 1.82) is 0 Å². The lowest BCUT2D eigenvalue weighted by Crippen LogP contribution is -2.15. The van der Waals surface area contributed by atoms with Crippen LogP contribution in [0.4, 0.5) is 0 Å². The Morgan fingerprint density at radius 2 is 2.00 bits per heavy atom. The lowest BCUT2D eigenvalue weighted by molar-refractivity contribution is 0.304. The van der Waals surface area contributed by atoms with E-state index in [1.807, 2.05) is 30.3 Å². The highest BCUT2D eigenvalue weighted by atomic mass is 32.2. The van der Waals surface area contributed by atoms with Gasteiger partial charge in [0.25, 0.3) is 0 Å². The molecule has 2 rings (SSSR count). The molecule has 0 radical (unpaired) electrons. The number of aromatic amines is 1. The minimum atomic E-state index is -3.93. The van der Waals surface area contributed by atoms with Gasteiger partial charge in [0.15, 0.2) is 0 Å². The fourth-order valence-corrected chi connectivity index (χ4v) is 1.63. The Morgan fingerprint density at radius 1 is 1.29 bits per heavy atom. The van der Waals surface area contributed by atoms with Crippen molar-refractivity contribution >= 4 is 10.3 Å². The van der Waals surface area contributed by atoms with E-state index in [2.05, 4.69) is 14.4 Å². The third-order valence-electron chi connectivity index (χ3n) is 2.08. The van der Waals surface area contributed by atoms with Gasteiger partial charge < -0.3 is 0 Å². The Balaban J connectivity index is 2.12. The Labute approximate surface area is 98.7 Å². The first-order valence-corrected chi connectivity index (χ1v) is 6.28. The van der Waals surface area contributed by atoms with Crippen LogP contribution in [-0.2, 0) is 21.1 Å². The zero-order valence-electron chi connectivity index (χ0n) is 8.83. The first-order chi connectivity index (χ1) is 8.04. The first kappa shape index (κ1) is 11.8. The van der Waals surface area contributed by atoms with Crippen LogP contribution in [0.2, 0.25) is 0 Å². The second kappa shape index (κ2) is 4.66. The van der Waals surface area contributed by atoms with Gasteiger partial charge in [-0.1, -0.05) is 30.3 Å². The van der Waals surface area contributed by atoms with Gasteiger partial charge >= 0.3 is 10.3 Å². The third kappa shape index (κ3) is 3.38. The second-order valence-electron chi connectivity index (χ2n) is 3.40. The van der Waals surface area contributed by atoms with E-state index in [9.17, 15) is 8.42 Å². The van der Waals surface area contributed by atoms with E-state index in [0.29, 0.717) is 5.69 Å². The number of hydrogen-bond donors (Lipinski definition) is 2. The molecule has 0 saturated carbocycles. The standard InChI is InChI=1S/C10H11N3O3S/c11-17(14,15)16-7-9-6-10(13-12-9)8-4-2-1-3-5-8/h1-6H,7H2,(H,12,13)(H2,11,14,15). The van der Waals surface area contributed by atoms with Crippen LogP contribution in [0.1, 0.15) is 5.69 Å². The van der Waals surface area contributed by atoms with Gasteiger partial charge in [0.2, 0.25) is 0 Å². The molecule has 0 unspecified atom stereocenters.